The zero-order valence-electron chi connectivity index (χ0n) is 8.56. The number of rotatable bonds is 3. The molecule has 0 saturated carbocycles. The van der Waals surface area contributed by atoms with Gasteiger partial charge in [0, 0.05) is 16.8 Å². The maximum absolute atomic E-state index is 6.00. The van der Waals surface area contributed by atoms with Gasteiger partial charge in [0.15, 0.2) is 11.6 Å². The molecule has 2 N–H and O–H groups in total. The molecule has 2 rings (SSSR count). The topological polar surface area (TPSA) is 48.1 Å². The van der Waals surface area contributed by atoms with Crippen molar-refractivity contribution in [2.24, 2.45) is 0 Å². The molecule has 0 aliphatic heterocycles. The van der Waals surface area contributed by atoms with Crippen molar-refractivity contribution in [1.29, 1.82) is 0 Å². The standard InChI is InChI=1S/C12H11ClN2O/c13-10-5-2-1-4-9(10)8-16-11-6-3-7-15-12(11)14/h1-7H,8H2,(H2,14,15). The van der Waals surface area contributed by atoms with Gasteiger partial charge in [-0.2, -0.15) is 0 Å². The largest absolute Gasteiger partial charge is 0.485 e. The fraction of sp³-hybridized carbons (Fsp3) is 0.0833. The molecule has 1 heterocycles. The van der Waals surface area contributed by atoms with Crippen LogP contribution in [0.15, 0.2) is 42.6 Å². The number of halogens is 1. The molecule has 0 bridgehead atoms. The maximum Gasteiger partial charge on any atom is 0.166 e. The van der Waals surface area contributed by atoms with E-state index in [9.17, 15) is 0 Å². The molecule has 3 nitrogen and oxygen atoms in total. The van der Waals surface area contributed by atoms with Crippen molar-refractivity contribution >= 4 is 17.4 Å². The van der Waals surface area contributed by atoms with Gasteiger partial charge in [0.2, 0.25) is 0 Å². The minimum absolute atomic E-state index is 0.384. The summed E-state index contributed by atoms with van der Waals surface area (Å²) in [5, 5.41) is 0.685. The molecular formula is C12H11ClN2O. The summed E-state index contributed by atoms with van der Waals surface area (Å²) in [6.07, 6.45) is 1.62. The van der Waals surface area contributed by atoms with Crippen LogP contribution in [0.3, 0.4) is 0 Å². The Balaban J connectivity index is 2.09. The van der Waals surface area contributed by atoms with Crippen molar-refractivity contribution in [3.63, 3.8) is 0 Å². The van der Waals surface area contributed by atoms with Gasteiger partial charge in [-0.1, -0.05) is 29.8 Å². The van der Waals surface area contributed by atoms with Crippen LogP contribution < -0.4 is 10.5 Å². The van der Waals surface area contributed by atoms with Gasteiger partial charge in [-0.05, 0) is 18.2 Å². The van der Waals surface area contributed by atoms with Crippen molar-refractivity contribution in [1.82, 2.24) is 4.98 Å². The Labute approximate surface area is 98.8 Å². The summed E-state index contributed by atoms with van der Waals surface area (Å²) in [7, 11) is 0. The lowest BCUT2D eigenvalue weighted by Crippen LogP contribution is -2.00. The Bertz CT molecular complexity index is 442. The summed E-state index contributed by atoms with van der Waals surface area (Å²) in [6, 6.07) is 11.1. The van der Waals surface area contributed by atoms with Gasteiger partial charge < -0.3 is 10.5 Å². The minimum atomic E-state index is 0.384. The van der Waals surface area contributed by atoms with Gasteiger partial charge >= 0.3 is 0 Å². The zero-order valence-corrected chi connectivity index (χ0v) is 9.32. The second-order valence-electron chi connectivity index (χ2n) is 3.27. The number of nitrogen functional groups attached to an aromatic ring is 1. The van der Waals surface area contributed by atoms with Crippen LogP contribution in [0.1, 0.15) is 5.56 Å². The Hall–Kier alpha value is -1.74. The molecule has 0 amide bonds. The fourth-order valence-corrected chi connectivity index (χ4v) is 1.49. The molecule has 82 valence electrons. The zero-order chi connectivity index (χ0) is 11.4. The predicted molar refractivity (Wildman–Crippen MR) is 64.4 cm³/mol. The third-order valence-corrected chi connectivity index (χ3v) is 2.51. The first kappa shape index (κ1) is 10.8. The van der Waals surface area contributed by atoms with Gasteiger partial charge in [0.25, 0.3) is 0 Å². The highest BCUT2D eigenvalue weighted by Gasteiger charge is 2.02. The smallest absolute Gasteiger partial charge is 0.166 e. The summed E-state index contributed by atoms with van der Waals surface area (Å²) >= 11 is 6.00. The molecule has 0 saturated heterocycles. The van der Waals surface area contributed by atoms with E-state index in [0.29, 0.717) is 23.2 Å². The highest BCUT2D eigenvalue weighted by atomic mass is 35.5. The molecule has 0 atom stereocenters. The van der Waals surface area contributed by atoms with Crippen LogP contribution >= 0.6 is 11.6 Å². The van der Waals surface area contributed by atoms with Crippen LogP contribution in [0.4, 0.5) is 5.82 Å². The van der Waals surface area contributed by atoms with Crippen molar-refractivity contribution in [2.45, 2.75) is 6.61 Å². The van der Waals surface area contributed by atoms with E-state index in [1.807, 2.05) is 24.3 Å². The van der Waals surface area contributed by atoms with Crippen LogP contribution in [-0.2, 0) is 6.61 Å². The lowest BCUT2D eigenvalue weighted by molar-refractivity contribution is 0.307. The van der Waals surface area contributed by atoms with Crippen molar-refractivity contribution in [3.05, 3.63) is 53.2 Å². The summed E-state index contributed by atoms with van der Waals surface area (Å²) < 4.78 is 5.53. The van der Waals surface area contributed by atoms with E-state index in [2.05, 4.69) is 4.98 Å². The molecule has 0 aliphatic rings. The first-order chi connectivity index (χ1) is 7.77. The van der Waals surface area contributed by atoms with E-state index in [1.165, 1.54) is 0 Å². The monoisotopic (exact) mass is 234 g/mol. The molecule has 1 aromatic carbocycles. The van der Waals surface area contributed by atoms with Crippen LogP contribution in [0, 0.1) is 0 Å². The SMILES string of the molecule is Nc1ncccc1OCc1ccccc1Cl. The molecule has 0 aliphatic carbocycles. The predicted octanol–water partition coefficient (Wildman–Crippen LogP) is 2.90. The van der Waals surface area contributed by atoms with E-state index in [1.54, 1.807) is 18.3 Å². The average molecular weight is 235 g/mol. The van der Waals surface area contributed by atoms with E-state index in [0.717, 1.165) is 5.56 Å². The molecular weight excluding hydrogens is 224 g/mol. The number of anilines is 1. The van der Waals surface area contributed by atoms with Crippen LogP contribution in [-0.4, -0.2) is 4.98 Å². The highest BCUT2D eigenvalue weighted by molar-refractivity contribution is 6.31. The molecule has 1 aromatic heterocycles. The fourth-order valence-electron chi connectivity index (χ4n) is 1.30. The Morgan fingerprint density at radius 3 is 2.75 bits per heavy atom. The summed E-state index contributed by atoms with van der Waals surface area (Å²) in [5.41, 5.74) is 6.58. The van der Waals surface area contributed by atoms with Gasteiger partial charge in [-0.3, -0.25) is 0 Å². The number of aromatic nitrogens is 1. The van der Waals surface area contributed by atoms with Crippen molar-refractivity contribution in [2.75, 3.05) is 5.73 Å². The maximum atomic E-state index is 6.00. The number of pyridine rings is 1. The average Bonchev–Trinajstić information content (AvgIpc) is 2.30. The second-order valence-corrected chi connectivity index (χ2v) is 3.67. The van der Waals surface area contributed by atoms with Crippen molar-refractivity contribution < 1.29 is 4.74 Å². The summed E-state index contributed by atoms with van der Waals surface area (Å²) in [5.74, 6) is 0.956. The van der Waals surface area contributed by atoms with Crippen molar-refractivity contribution in [3.8, 4) is 5.75 Å². The number of hydrogen-bond acceptors (Lipinski definition) is 3. The molecule has 0 radical (unpaired) electrons. The van der Waals surface area contributed by atoms with E-state index in [4.69, 9.17) is 22.1 Å². The van der Waals surface area contributed by atoms with Crippen LogP contribution in [0.5, 0.6) is 5.75 Å². The van der Waals surface area contributed by atoms with Gasteiger partial charge in [-0.15, -0.1) is 0 Å². The van der Waals surface area contributed by atoms with E-state index < -0.39 is 0 Å². The Morgan fingerprint density at radius 1 is 1.19 bits per heavy atom. The van der Waals surface area contributed by atoms with E-state index >= 15 is 0 Å². The first-order valence-corrected chi connectivity index (χ1v) is 5.22. The third kappa shape index (κ3) is 2.44. The second kappa shape index (κ2) is 4.86. The number of hydrogen-bond donors (Lipinski definition) is 1. The Kier molecular flexibility index (Phi) is 3.27. The molecule has 0 fully saturated rings. The highest BCUT2D eigenvalue weighted by Crippen LogP contribution is 2.21. The first-order valence-electron chi connectivity index (χ1n) is 4.84. The number of nitrogens with two attached hydrogens (primary N) is 1. The lowest BCUT2D eigenvalue weighted by atomic mass is 10.2. The molecule has 16 heavy (non-hydrogen) atoms. The summed E-state index contributed by atoms with van der Waals surface area (Å²) in [6.45, 7) is 0.384. The van der Waals surface area contributed by atoms with Gasteiger partial charge in [0.05, 0.1) is 0 Å². The van der Waals surface area contributed by atoms with Crippen LogP contribution in [0.25, 0.3) is 0 Å². The minimum Gasteiger partial charge on any atom is -0.485 e. The number of nitrogens with zero attached hydrogens (tertiary/aromatic N) is 1. The normalized spacial score (nSPS) is 10.1. The number of benzene rings is 1. The molecule has 2 aromatic rings. The van der Waals surface area contributed by atoms with Crippen LogP contribution in [0.2, 0.25) is 5.02 Å². The summed E-state index contributed by atoms with van der Waals surface area (Å²) in [4.78, 5) is 3.93. The third-order valence-electron chi connectivity index (χ3n) is 2.14. The Morgan fingerprint density at radius 2 is 2.00 bits per heavy atom. The molecule has 0 spiro atoms. The van der Waals surface area contributed by atoms with Gasteiger partial charge in [-0.25, -0.2) is 4.98 Å². The van der Waals surface area contributed by atoms with E-state index in [-0.39, 0.29) is 0 Å². The molecule has 4 heteroatoms. The van der Waals surface area contributed by atoms with Gasteiger partial charge in [0.1, 0.15) is 6.61 Å². The lowest BCUT2D eigenvalue weighted by Gasteiger charge is -2.08. The number of ether oxygens (including phenoxy) is 1. The molecule has 0 unspecified atom stereocenters. The quantitative estimate of drug-likeness (QED) is 0.888.